The first-order valence-electron chi connectivity index (χ1n) is 23.4. The fraction of sp³-hybridized carbons (Fsp3) is 0.936. The van der Waals surface area contributed by atoms with Crippen molar-refractivity contribution in [3.8, 4) is 0 Å². The Labute approximate surface area is 320 Å². The molecular weight excluding hydrogens is 627 g/mol. The lowest BCUT2D eigenvalue weighted by atomic mass is 10.0. The van der Waals surface area contributed by atoms with Crippen molar-refractivity contribution in [1.82, 2.24) is 5.32 Å². The zero-order valence-electron chi connectivity index (χ0n) is 34.9. The smallest absolute Gasteiger partial charge is 0.220 e. The van der Waals surface area contributed by atoms with E-state index in [0.29, 0.717) is 12.8 Å². The first-order valence-corrected chi connectivity index (χ1v) is 23.4. The number of carbonyl (C=O) groups excluding carboxylic acids is 1. The summed E-state index contributed by atoms with van der Waals surface area (Å²) in [5.41, 5.74) is 0. The fourth-order valence-corrected chi connectivity index (χ4v) is 7.42. The minimum atomic E-state index is -0.657. The summed E-state index contributed by atoms with van der Waals surface area (Å²) in [6.07, 6.45) is 54.4. The van der Waals surface area contributed by atoms with E-state index in [9.17, 15) is 15.0 Å². The van der Waals surface area contributed by atoms with Gasteiger partial charge in [-0.1, -0.05) is 231 Å². The van der Waals surface area contributed by atoms with E-state index in [4.69, 9.17) is 0 Å². The topological polar surface area (TPSA) is 69.6 Å². The number of hydrogen-bond donors (Lipinski definition) is 3. The Morgan fingerprint density at radius 1 is 0.451 bits per heavy atom. The Hall–Kier alpha value is -0.870. The number of amides is 1. The molecule has 3 N–H and O–H groups in total. The second-order valence-corrected chi connectivity index (χ2v) is 16.2. The van der Waals surface area contributed by atoms with Gasteiger partial charge in [0.05, 0.1) is 18.8 Å². The van der Waals surface area contributed by atoms with Crippen LogP contribution in [-0.4, -0.2) is 34.9 Å². The molecule has 0 radical (unpaired) electrons. The van der Waals surface area contributed by atoms with Crippen LogP contribution in [0, 0.1) is 0 Å². The van der Waals surface area contributed by atoms with E-state index >= 15 is 0 Å². The van der Waals surface area contributed by atoms with Gasteiger partial charge in [0, 0.05) is 6.42 Å². The summed E-state index contributed by atoms with van der Waals surface area (Å²) in [5, 5.41) is 23.2. The molecule has 0 aromatic carbocycles. The lowest BCUT2D eigenvalue weighted by Crippen LogP contribution is -2.45. The van der Waals surface area contributed by atoms with Crippen LogP contribution < -0.4 is 5.32 Å². The highest BCUT2D eigenvalue weighted by molar-refractivity contribution is 5.76. The first-order chi connectivity index (χ1) is 25.2. The Morgan fingerprint density at radius 2 is 0.745 bits per heavy atom. The number of unbranched alkanes of at least 4 members (excludes halogenated alkanes) is 34. The zero-order chi connectivity index (χ0) is 37.1. The van der Waals surface area contributed by atoms with Gasteiger partial charge in [-0.05, 0) is 38.5 Å². The quantitative estimate of drug-likeness (QED) is 0.0434. The number of allylic oxidation sites excluding steroid dienone is 2. The number of hydrogen-bond acceptors (Lipinski definition) is 3. The van der Waals surface area contributed by atoms with E-state index in [0.717, 1.165) is 25.7 Å². The monoisotopic (exact) mass is 720 g/mol. The van der Waals surface area contributed by atoms with Crippen LogP contribution in [0.25, 0.3) is 0 Å². The van der Waals surface area contributed by atoms with Crippen molar-refractivity contribution >= 4 is 5.91 Å². The molecule has 0 fully saturated rings. The van der Waals surface area contributed by atoms with E-state index in [1.54, 1.807) is 0 Å². The molecule has 0 heterocycles. The zero-order valence-corrected chi connectivity index (χ0v) is 34.9. The number of nitrogens with one attached hydrogen (secondary N) is 1. The molecule has 4 nitrogen and oxygen atoms in total. The van der Waals surface area contributed by atoms with Crippen molar-refractivity contribution in [3.63, 3.8) is 0 Å². The molecule has 51 heavy (non-hydrogen) atoms. The van der Waals surface area contributed by atoms with Crippen molar-refractivity contribution < 1.29 is 15.0 Å². The molecule has 4 heteroatoms. The molecule has 0 aliphatic carbocycles. The summed E-state index contributed by atoms with van der Waals surface area (Å²) >= 11 is 0. The van der Waals surface area contributed by atoms with Crippen LogP contribution in [0.2, 0.25) is 0 Å². The third-order valence-electron chi connectivity index (χ3n) is 11.0. The van der Waals surface area contributed by atoms with Crippen molar-refractivity contribution in [2.75, 3.05) is 6.61 Å². The molecule has 0 bridgehead atoms. The molecular formula is C47H93NO3. The third kappa shape index (κ3) is 40.2. The predicted octanol–water partition coefficient (Wildman–Crippen LogP) is 14.6. The van der Waals surface area contributed by atoms with E-state index in [1.165, 1.54) is 212 Å². The van der Waals surface area contributed by atoms with Gasteiger partial charge in [-0.2, -0.15) is 0 Å². The lowest BCUT2D eigenvalue weighted by molar-refractivity contribution is -0.123. The number of aliphatic hydroxyl groups excluding tert-OH is 2. The highest BCUT2D eigenvalue weighted by Gasteiger charge is 2.20. The van der Waals surface area contributed by atoms with Crippen molar-refractivity contribution in [2.24, 2.45) is 0 Å². The molecule has 2 atom stereocenters. The summed E-state index contributed by atoms with van der Waals surface area (Å²) in [6, 6.07) is -0.534. The van der Waals surface area contributed by atoms with E-state index in [1.807, 2.05) is 0 Å². The van der Waals surface area contributed by atoms with Gasteiger partial charge in [-0.3, -0.25) is 4.79 Å². The molecule has 2 unspecified atom stereocenters. The van der Waals surface area contributed by atoms with Crippen LogP contribution in [-0.2, 0) is 4.79 Å². The van der Waals surface area contributed by atoms with Crippen LogP contribution in [0.5, 0.6) is 0 Å². The average Bonchev–Trinajstić information content (AvgIpc) is 3.13. The molecule has 0 aromatic heterocycles. The summed E-state index contributed by atoms with van der Waals surface area (Å²) in [7, 11) is 0. The molecule has 0 rings (SSSR count). The highest BCUT2D eigenvalue weighted by Crippen LogP contribution is 2.16. The molecule has 0 aromatic rings. The number of carbonyl (C=O) groups is 1. The second-order valence-electron chi connectivity index (χ2n) is 16.2. The molecule has 0 aliphatic rings. The van der Waals surface area contributed by atoms with Gasteiger partial charge in [-0.15, -0.1) is 0 Å². The highest BCUT2D eigenvalue weighted by atomic mass is 16.3. The van der Waals surface area contributed by atoms with Crippen LogP contribution in [0.4, 0.5) is 0 Å². The van der Waals surface area contributed by atoms with E-state index < -0.39 is 12.1 Å². The fourth-order valence-electron chi connectivity index (χ4n) is 7.42. The maximum Gasteiger partial charge on any atom is 0.220 e. The Balaban J connectivity index is 3.47. The summed E-state index contributed by atoms with van der Waals surface area (Å²) < 4.78 is 0. The Morgan fingerprint density at radius 3 is 1.08 bits per heavy atom. The third-order valence-corrected chi connectivity index (χ3v) is 11.0. The minimum Gasteiger partial charge on any atom is -0.394 e. The molecule has 0 saturated heterocycles. The normalized spacial score (nSPS) is 12.9. The van der Waals surface area contributed by atoms with Gasteiger partial charge >= 0.3 is 0 Å². The van der Waals surface area contributed by atoms with Gasteiger partial charge in [0.2, 0.25) is 5.91 Å². The molecule has 304 valence electrons. The SMILES string of the molecule is CCCCCCCCCCCCCC/C=C\CCCCCCCCCCC(=O)NC(CO)C(O)CCCCCCCCCCCCCCCCC. The van der Waals surface area contributed by atoms with Crippen LogP contribution >= 0.6 is 0 Å². The second kappa shape index (κ2) is 43.5. The minimum absolute atomic E-state index is 0.0311. The molecule has 0 aliphatic heterocycles. The summed E-state index contributed by atoms with van der Waals surface area (Å²) in [6.45, 7) is 4.38. The van der Waals surface area contributed by atoms with Gasteiger partial charge < -0.3 is 15.5 Å². The number of rotatable bonds is 43. The van der Waals surface area contributed by atoms with Crippen LogP contribution in [0.1, 0.15) is 264 Å². The summed E-state index contributed by atoms with van der Waals surface area (Å²) in [5.74, 6) is -0.0311. The standard InChI is InChI=1S/C47H93NO3/c1-3-5-7-9-11-13-15-17-19-20-21-22-23-24-25-26-27-29-31-33-35-37-39-41-43-47(51)48-45(44-49)46(50)42-40-38-36-34-32-30-28-18-16-14-12-10-8-6-4-2/h24-25,45-46,49-50H,3-23,26-44H2,1-2H3,(H,48,51)/b25-24-. The van der Waals surface area contributed by atoms with Gasteiger partial charge in [0.15, 0.2) is 0 Å². The first kappa shape index (κ1) is 50.1. The van der Waals surface area contributed by atoms with Gasteiger partial charge in [0.25, 0.3) is 0 Å². The maximum atomic E-state index is 12.4. The Bertz CT molecular complexity index is 695. The van der Waals surface area contributed by atoms with Gasteiger partial charge in [0.1, 0.15) is 0 Å². The van der Waals surface area contributed by atoms with E-state index in [-0.39, 0.29) is 12.5 Å². The number of aliphatic hydroxyl groups is 2. The molecule has 0 spiro atoms. The van der Waals surface area contributed by atoms with Crippen molar-refractivity contribution in [1.29, 1.82) is 0 Å². The van der Waals surface area contributed by atoms with Crippen molar-refractivity contribution in [2.45, 2.75) is 276 Å². The van der Waals surface area contributed by atoms with Gasteiger partial charge in [-0.25, -0.2) is 0 Å². The molecule has 0 saturated carbocycles. The van der Waals surface area contributed by atoms with Crippen LogP contribution in [0.15, 0.2) is 12.2 Å². The largest absolute Gasteiger partial charge is 0.394 e. The van der Waals surface area contributed by atoms with E-state index in [2.05, 4.69) is 31.3 Å². The van der Waals surface area contributed by atoms with Crippen molar-refractivity contribution in [3.05, 3.63) is 12.2 Å². The maximum absolute atomic E-state index is 12.4. The molecule has 1 amide bonds. The lowest BCUT2D eigenvalue weighted by Gasteiger charge is -2.22. The van der Waals surface area contributed by atoms with Crippen LogP contribution in [0.3, 0.4) is 0 Å². The summed E-state index contributed by atoms with van der Waals surface area (Å²) in [4.78, 5) is 12.4. The average molecular weight is 720 g/mol. The Kier molecular flexibility index (Phi) is 42.8. The predicted molar refractivity (Wildman–Crippen MR) is 226 cm³/mol.